The number of halogens is 3. The van der Waals surface area contributed by atoms with Crippen molar-refractivity contribution in [2.45, 2.75) is 95.3 Å². The van der Waals surface area contributed by atoms with E-state index in [1.165, 1.54) is 11.0 Å². The van der Waals surface area contributed by atoms with Crippen molar-refractivity contribution in [1.29, 1.82) is 0 Å². The van der Waals surface area contributed by atoms with Crippen LogP contribution in [0.2, 0.25) is 5.02 Å². The van der Waals surface area contributed by atoms with Gasteiger partial charge in [0.15, 0.2) is 0 Å². The first kappa shape index (κ1) is 32.4. The quantitative estimate of drug-likeness (QED) is 0.189. The highest BCUT2D eigenvalue weighted by molar-refractivity contribution is 7.59. The van der Waals surface area contributed by atoms with Gasteiger partial charge in [-0.05, 0) is 62.5 Å². The smallest absolute Gasteiger partial charge is 0.408 e. The molecule has 9 nitrogen and oxygen atoms in total. The van der Waals surface area contributed by atoms with Crippen molar-refractivity contribution in [1.82, 2.24) is 15.5 Å². The van der Waals surface area contributed by atoms with Gasteiger partial charge in [0.2, 0.25) is 19.2 Å². The lowest BCUT2D eigenvalue weighted by Gasteiger charge is -2.36. The lowest BCUT2D eigenvalue weighted by molar-refractivity contribution is -0.142. The molecule has 0 bridgehead atoms. The van der Waals surface area contributed by atoms with Gasteiger partial charge in [-0.3, -0.25) is 14.2 Å². The Morgan fingerprint density at radius 3 is 2.45 bits per heavy atom. The van der Waals surface area contributed by atoms with Crippen molar-refractivity contribution in [3.05, 3.63) is 47.0 Å². The number of nitrogens with zero attached hydrogens (tertiary/aromatic N) is 1. The van der Waals surface area contributed by atoms with Gasteiger partial charge in [0, 0.05) is 18.0 Å². The topological polar surface area (TPSA) is 125 Å². The molecule has 2 aliphatic carbocycles. The van der Waals surface area contributed by atoms with Gasteiger partial charge in [-0.25, -0.2) is 13.6 Å². The predicted molar refractivity (Wildman–Crippen MR) is 154 cm³/mol. The molecule has 1 heterocycles. The van der Waals surface area contributed by atoms with E-state index in [-0.39, 0.29) is 19.1 Å². The maximum Gasteiger partial charge on any atom is 0.408 e. The van der Waals surface area contributed by atoms with Crippen LogP contribution in [0.4, 0.5) is 13.6 Å². The molecule has 232 valence electrons. The fourth-order valence-corrected chi connectivity index (χ4v) is 8.70. The Morgan fingerprint density at radius 2 is 1.86 bits per heavy atom. The van der Waals surface area contributed by atoms with Gasteiger partial charge < -0.3 is 25.2 Å². The number of amides is 3. The molecule has 13 heteroatoms. The number of carbonyl (C=O) groups is 3. The van der Waals surface area contributed by atoms with Crippen LogP contribution in [-0.4, -0.2) is 57.7 Å². The SMILES string of the molecule is C=C[C@@H]1C[C@]1(NC(=O)[C@@H]1CCCN1C(=O)C(NC(=O)OC1CCCC1)C(C)(C)C)P(=O)(O)Cc1c(F)ccc(F)c1Cl. The van der Waals surface area contributed by atoms with E-state index >= 15 is 0 Å². The van der Waals surface area contributed by atoms with Crippen LogP contribution in [0, 0.1) is 23.0 Å². The Balaban J connectivity index is 1.51. The van der Waals surface area contributed by atoms with Crippen LogP contribution in [0.5, 0.6) is 0 Å². The molecule has 3 fully saturated rings. The molecule has 2 unspecified atom stereocenters. The summed E-state index contributed by atoms with van der Waals surface area (Å²) in [5.41, 5.74) is -1.16. The second-order valence-corrected chi connectivity index (χ2v) is 15.5. The second kappa shape index (κ2) is 12.2. The van der Waals surface area contributed by atoms with Gasteiger partial charge in [-0.2, -0.15) is 0 Å². The van der Waals surface area contributed by atoms with Crippen molar-refractivity contribution < 1.29 is 37.4 Å². The monoisotopic (exact) mass is 629 g/mol. The first-order valence-corrected chi connectivity index (χ1v) is 16.5. The predicted octanol–water partition coefficient (Wildman–Crippen LogP) is 5.48. The molecular weight excluding hydrogens is 591 g/mol. The summed E-state index contributed by atoms with van der Waals surface area (Å²) in [6.07, 6.45) is 4.12. The Hall–Kier alpha value is -2.49. The second-order valence-electron chi connectivity index (χ2n) is 12.6. The number of benzene rings is 1. The summed E-state index contributed by atoms with van der Waals surface area (Å²) in [4.78, 5) is 52.7. The molecule has 4 rings (SSSR count). The summed E-state index contributed by atoms with van der Waals surface area (Å²) in [5.74, 6) is -3.59. The Morgan fingerprint density at radius 1 is 1.21 bits per heavy atom. The minimum Gasteiger partial charge on any atom is -0.446 e. The van der Waals surface area contributed by atoms with Crippen LogP contribution < -0.4 is 10.6 Å². The van der Waals surface area contributed by atoms with Crippen molar-refractivity contribution >= 4 is 36.9 Å². The van der Waals surface area contributed by atoms with E-state index in [1.807, 2.05) is 0 Å². The maximum absolute atomic E-state index is 14.5. The average Bonchev–Trinajstić information content (AvgIpc) is 3.24. The van der Waals surface area contributed by atoms with Gasteiger partial charge in [0.25, 0.3) is 0 Å². The molecule has 0 radical (unpaired) electrons. The highest BCUT2D eigenvalue weighted by Crippen LogP contribution is 2.71. The molecule has 1 aromatic carbocycles. The third-order valence-electron chi connectivity index (χ3n) is 8.53. The molecule has 3 N–H and O–H groups in total. The van der Waals surface area contributed by atoms with Crippen molar-refractivity contribution in [3.63, 3.8) is 0 Å². The zero-order valence-corrected chi connectivity index (χ0v) is 25.8. The molecule has 2 saturated carbocycles. The zero-order valence-electron chi connectivity index (χ0n) is 24.1. The van der Waals surface area contributed by atoms with E-state index in [9.17, 15) is 32.6 Å². The third kappa shape index (κ3) is 6.53. The van der Waals surface area contributed by atoms with Crippen LogP contribution in [0.15, 0.2) is 24.8 Å². The lowest BCUT2D eigenvalue weighted by atomic mass is 9.85. The highest BCUT2D eigenvalue weighted by Gasteiger charge is 2.65. The maximum atomic E-state index is 14.5. The number of hydrogen-bond acceptors (Lipinski definition) is 5. The fourth-order valence-electron chi connectivity index (χ4n) is 5.98. The Kier molecular flexibility index (Phi) is 9.46. The number of rotatable bonds is 9. The van der Waals surface area contributed by atoms with Crippen LogP contribution in [0.3, 0.4) is 0 Å². The van der Waals surface area contributed by atoms with Gasteiger partial charge in [-0.15, -0.1) is 6.58 Å². The number of alkyl carbamates (subject to hydrolysis) is 1. The van der Waals surface area contributed by atoms with Crippen molar-refractivity contribution in [3.8, 4) is 0 Å². The van der Waals surface area contributed by atoms with Gasteiger partial charge in [-0.1, -0.05) is 38.4 Å². The van der Waals surface area contributed by atoms with Crippen LogP contribution >= 0.6 is 19.0 Å². The zero-order chi connectivity index (χ0) is 31.0. The van der Waals surface area contributed by atoms with E-state index in [0.717, 1.165) is 37.8 Å². The van der Waals surface area contributed by atoms with Crippen LogP contribution in [0.25, 0.3) is 0 Å². The highest BCUT2D eigenvalue weighted by atomic mass is 35.5. The molecule has 0 spiro atoms. The molecule has 0 aromatic heterocycles. The summed E-state index contributed by atoms with van der Waals surface area (Å²) in [6.45, 7) is 9.33. The first-order valence-electron chi connectivity index (χ1n) is 14.3. The third-order valence-corrected chi connectivity index (χ3v) is 11.6. The van der Waals surface area contributed by atoms with Crippen molar-refractivity contribution in [2.24, 2.45) is 11.3 Å². The molecule has 1 aliphatic heterocycles. The number of nitrogens with one attached hydrogen (secondary N) is 2. The van der Waals surface area contributed by atoms with E-state index in [0.29, 0.717) is 12.8 Å². The van der Waals surface area contributed by atoms with Gasteiger partial charge >= 0.3 is 6.09 Å². The molecular formula is C29H39ClF2N3O6P. The lowest BCUT2D eigenvalue weighted by Crippen LogP contribution is -2.58. The number of carbonyl (C=O) groups excluding carboxylic acids is 3. The van der Waals surface area contributed by atoms with Crippen molar-refractivity contribution in [2.75, 3.05) is 6.54 Å². The summed E-state index contributed by atoms with van der Waals surface area (Å²) < 4.78 is 47.8. The molecule has 5 atom stereocenters. The summed E-state index contributed by atoms with van der Waals surface area (Å²) in [5, 5.41) is 3.13. The number of likely N-dealkylation sites (tertiary alicyclic amines) is 1. The fraction of sp³-hybridized carbons (Fsp3) is 0.621. The molecule has 3 aliphatic rings. The molecule has 3 amide bonds. The van der Waals surface area contributed by atoms with E-state index in [2.05, 4.69) is 17.2 Å². The molecule has 1 saturated heterocycles. The van der Waals surface area contributed by atoms with E-state index in [1.54, 1.807) is 20.8 Å². The molecule has 42 heavy (non-hydrogen) atoms. The van der Waals surface area contributed by atoms with Crippen LogP contribution in [-0.2, 0) is 25.1 Å². The molecule has 1 aromatic rings. The Bertz CT molecular complexity index is 1300. The first-order chi connectivity index (χ1) is 19.6. The Labute approximate surface area is 249 Å². The number of ether oxygens (including phenoxy) is 1. The largest absolute Gasteiger partial charge is 0.446 e. The van der Waals surface area contributed by atoms with Gasteiger partial charge in [0.1, 0.15) is 35.1 Å². The normalized spacial score (nSPS) is 26.3. The minimum absolute atomic E-state index is 0.0599. The average molecular weight is 630 g/mol. The standard InChI is InChI=1S/C29H39ClF2N3O6P/c1-5-17-15-29(17,42(39,40)16-19-20(31)12-13-21(32)23(19)30)34-25(36)22-11-8-14-35(22)26(37)24(28(2,3)4)33-27(38)41-18-9-6-7-10-18/h5,12-13,17-18,22,24H,1,6-11,14-16H2,2-4H3,(H,33,38)(H,34,36)(H,39,40)/t17-,22+,24?,29+/m1/s1. The van der Waals surface area contributed by atoms with E-state index in [4.69, 9.17) is 16.3 Å². The summed E-state index contributed by atoms with van der Waals surface area (Å²) in [7, 11) is -4.44. The minimum atomic E-state index is -4.44. The summed E-state index contributed by atoms with van der Waals surface area (Å²) in [6, 6.07) is -0.305. The summed E-state index contributed by atoms with van der Waals surface area (Å²) >= 11 is 5.92. The van der Waals surface area contributed by atoms with Crippen LogP contribution in [0.1, 0.15) is 71.3 Å². The van der Waals surface area contributed by atoms with E-state index < -0.39 is 82.4 Å². The number of hydrogen-bond donors (Lipinski definition) is 3. The van der Waals surface area contributed by atoms with Gasteiger partial charge in [0.05, 0.1) is 11.2 Å².